The van der Waals surface area contributed by atoms with Gasteiger partial charge in [0.25, 0.3) is 0 Å². The molecule has 1 atom stereocenters. The maximum absolute atomic E-state index is 12.6. The van der Waals surface area contributed by atoms with E-state index in [0.717, 1.165) is 38.0 Å². The molecule has 0 spiro atoms. The fourth-order valence-corrected chi connectivity index (χ4v) is 4.63. The van der Waals surface area contributed by atoms with Gasteiger partial charge >= 0.3 is 0 Å². The van der Waals surface area contributed by atoms with E-state index in [9.17, 15) is 4.79 Å². The van der Waals surface area contributed by atoms with Crippen molar-refractivity contribution in [3.8, 4) is 11.4 Å². The lowest BCUT2D eigenvalue weighted by molar-refractivity contribution is -0.126. The number of hydrogen-bond acceptors (Lipinski definition) is 6. The molecule has 2 aromatic rings. The number of carbonyl (C=O) groups is 1. The smallest absolute Gasteiger partial charge is 0.241 e. The van der Waals surface area contributed by atoms with E-state index in [-0.39, 0.29) is 11.8 Å². The van der Waals surface area contributed by atoms with Gasteiger partial charge in [0, 0.05) is 25.3 Å². The lowest BCUT2D eigenvalue weighted by Crippen LogP contribution is -2.43. The van der Waals surface area contributed by atoms with Crippen LogP contribution in [-0.2, 0) is 16.1 Å². The molecular weight excluding hydrogens is 416 g/mol. The van der Waals surface area contributed by atoms with Gasteiger partial charge in [0.2, 0.25) is 17.6 Å². The minimum Gasteiger partial charge on any atom is -0.378 e. The molecule has 0 radical (unpaired) electrons. The van der Waals surface area contributed by atoms with Crippen LogP contribution < -0.4 is 5.32 Å². The SMILES string of the molecule is O=C(NCCCOC1CCCC1)C1CCCN(Cc2nc(-c3ccccc3Cl)no2)C1. The van der Waals surface area contributed by atoms with Gasteiger partial charge < -0.3 is 14.6 Å². The van der Waals surface area contributed by atoms with Gasteiger partial charge in [0.15, 0.2) is 0 Å². The summed E-state index contributed by atoms with van der Waals surface area (Å²) in [6.07, 6.45) is 8.13. The van der Waals surface area contributed by atoms with Crippen molar-refractivity contribution in [1.29, 1.82) is 0 Å². The number of amides is 1. The van der Waals surface area contributed by atoms with Gasteiger partial charge in [0.1, 0.15) is 0 Å². The standard InChI is InChI=1S/C23H31ClN4O3/c24-20-11-4-3-10-19(20)22-26-21(31-27-22)16-28-13-5-7-17(15-28)23(29)25-12-6-14-30-18-8-1-2-9-18/h3-4,10-11,17-18H,1-2,5-9,12-16H2,(H,25,29). The van der Waals surface area contributed by atoms with E-state index in [2.05, 4.69) is 20.4 Å². The predicted octanol–water partition coefficient (Wildman–Crippen LogP) is 4.07. The van der Waals surface area contributed by atoms with Crippen molar-refractivity contribution < 1.29 is 14.1 Å². The molecule has 1 N–H and O–H groups in total. The third-order valence-corrected chi connectivity index (χ3v) is 6.42. The van der Waals surface area contributed by atoms with Crippen LogP contribution in [0.1, 0.15) is 50.8 Å². The minimum atomic E-state index is -0.00420. The van der Waals surface area contributed by atoms with Crippen molar-refractivity contribution in [2.45, 2.75) is 57.6 Å². The molecule has 7 nitrogen and oxygen atoms in total. The van der Waals surface area contributed by atoms with E-state index in [1.807, 2.05) is 24.3 Å². The highest BCUT2D eigenvalue weighted by molar-refractivity contribution is 6.33. The zero-order chi connectivity index (χ0) is 21.5. The molecule has 2 heterocycles. The molecule has 1 saturated heterocycles. The molecule has 1 aromatic heterocycles. The molecule has 1 saturated carbocycles. The van der Waals surface area contributed by atoms with Gasteiger partial charge in [-0.05, 0) is 50.8 Å². The summed E-state index contributed by atoms with van der Waals surface area (Å²) in [5, 5.41) is 7.74. The Morgan fingerprint density at radius 3 is 2.90 bits per heavy atom. The number of benzene rings is 1. The number of nitrogens with zero attached hydrogens (tertiary/aromatic N) is 3. The summed E-state index contributed by atoms with van der Waals surface area (Å²) >= 11 is 6.22. The molecule has 4 rings (SSSR count). The van der Waals surface area contributed by atoms with Gasteiger partial charge in [-0.15, -0.1) is 0 Å². The van der Waals surface area contributed by atoms with Crippen LogP contribution >= 0.6 is 11.6 Å². The molecule has 31 heavy (non-hydrogen) atoms. The first-order valence-corrected chi connectivity index (χ1v) is 11.8. The Hall–Kier alpha value is -1.96. The Balaban J connectivity index is 1.20. The molecule has 0 bridgehead atoms. The lowest BCUT2D eigenvalue weighted by atomic mass is 9.97. The first kappa shape index (κ1) is 22.2. The van der Waals surface area contributed by atoms with Gasteiger partial charge in [0.05, 0.1) is 23.6 Å². The van der Waals surface area contributed by atoms with E-state index in [1.54, 1.807) is 0 Å². The van der Waals surface area contributed by atoms with Crippen LogP contribution in [0.2, 0.25) is 5.02 Å². The Bertz CT molecular complexity index is 853. The van der Waals surface area contributed by atoms with Crippen LogP contribution in [-0.4, -0.2) is 53.3 Å². The van der Waals surface area contributed by atoms with Crippen molar-refractivity contribution in [3.63, 3.8) is 0 Å². The van der Waals surface area contributed by atoms with Crippen LogP contribution in [0.15, 0.2) is 28.8 Å². The molecule has 1 amide bonds. The first-order chi connectivity index (χ1) is 15.2. The summed E-state index contributed by atoms with van der Waals surface area (Å²) in [5.41, 5.74) is 0.756. The summed E-state index contributed by atoms with van der Waals surface area (Å²) in [6.45, 7) is 3.56. The van der Waals surface area contributed by atoms with Crippen molar-refractivity contribution >= 4 is 17.5 Å². The van der Waals surface area contributed by atoms with Crippen LogP contribution in [0.4, 0.5) is 0 Å². The summed E-state index contributed by atoms with van der Waals surface area (Å²) in [4.78, 5) is 19.3. The highest BCUT2D eigenvalue weighted by atomic mass is 35.5. The molecule has 2 aliphatic rings. The maximum Gasteiger partial charge on any atom is 0.241 e. The van der Waals surface area contributed by atoms with Crippen LogP contribution in [0.3, 0.4) is 0 Å². The van der Waals surface area contributed by atoms with Gasteiger partial charge in [-0.2, -0.15) is 4.98 Å². The van der Waals surface area contributed by atoms with Crippen LogP contribution in [0, 0.1) is 5.92 Å². The zero-order valence-corrected chi connectivity index (χ0v) is 18.6. The van der Waals surface area contributed by atoms with E-state index in [1.165, 1.54) is 25.7 Å². The highest BCUT2D eigenvalue weighted by Crippen LogP contribution is 2.26. The second kappa shape index (κ2) is 11.1. The summed E-state index contributed by atoms with van der Waals surface area (Å²) in [5.74, 6) is 1.16. The fraction of sp³-hybridized carbons (Fsp3) is 0.609. The van der Waals surface area contributed by atoms with Gasteiger partial charge in [-0.1, -0.05) is 41.7 Å². The number of aromatic nitrogens is 2. The summed E-state index contributed by atoms with van der Waals surface area (Å²) in [6, 6.07) is 7.44. The average Bonchev–Trinajstić information content (AvgIpc) is 3.46. The van der Waals surface area contributed by atoms with Gasteiger partial charge in [-0.3, -0.25) is 9.69 Å². The van der Waals surface area contributed by atoms with E-state index >= 15 is 0 Å². The van der Waals surface area contributed by atoms with Crippen molar-refractivity contribution in [2.24, 2.45) is 5.92 Å². The largest absolute Gasteiger partial charge is 0.378 e. The number of likely N-dealkylation sites (tertiary alicyclic amines) is 1. The third kappa shape index (κ3) is 6.28. The fourth-order valence-electron chi connectivity index (χ4n) is 4.41. The zero-order valence-electron chi connectivity index (χ0n) is 17.9. The number of piperidine rings is 1. The molecule has 1 aliphatic carbocycles. The first-order valence-electron chi connectivity index (χ1n) is 11.4. The van der Waals surface area contributed by atoms with Crippen LogP contribution in [0.5, 0.6) is 0 Å². The van der Waals surface area contributed by atoms with Crippen molar-refractivity contribution in [1.82, 2.24) is 20.4 Å². The predicted molar refractivity (Wildman–Crippen MR) is 119 cm³/mol. The Labute approximate surface area is 188 Å². The molecule has 168 valence electrons. The number of halogens is 1. The minimum absolute atomic E-state index is 0.00420. The lowest BCUT2D eigenvalue weighted by Gasteiger charge is -2.30. The summed E-state index contributed by atoms with van der Waals surface area (Å²) < 4.78 is 11.3. The molecule has 2 fully saturated rings. The third-order valence-electron chi connectivity index (χ3n) is 6.09. The maximum atomic E-state index is 12.6. The number of carbonyl (C=O) groups excluding carboxylic acids is 1. The topological polar surface area (TPSA) is 80.5 Å². The van der Waals surface area contributed by atoms with E-state index in [0.29, 0.717) is 42.5 Å². The van der Waals surface area contributed by atoms with Crippen molar-refractivity contribution in [3.05, 3.63) is 35.2 Å². The van der Waals surface area contributed by atoms with E-state index < -0.39 is 0 Å². The molecule has 1 aliphatic heterocycles. The Kier molecular flexibility index (Phi) is 7.94. The average molecular weight is 447 g/mol. The van der Waals surface area contributed by atoms with Crippen LogP contribution in [0.25, 0.3) is 11.4 Å². The number of nitrogens with one attached hydrogen (secondary N) is 1. The molecule has 8 heteroatoms. The molecular formula is C23H31ClN4O3. The normalized spacial score (nSPS) is 20.2. The quantitative estimate of drug-likeness (QED) is 0.585. The number of ether oxygens (including phenoxy) is 1. The second-order valence-electron chi connectivity index (χ2n) is 8.49. The number of hydrogen-bond donors (Lipinski definition) is 1. The second-order valence-corrected chi connectivity index (χ2v) is 8.89. The van der Waals surface area contributed by atoms with Crippen molar-refractivity contribution in [2.75, 3.05) is 26.2 Å². The van der Waals surface area contributed by atoms with Gasteiger partial charge in [-0.25, -0.2) is 0 Å². The summed E-state index contributed by atoms with van der Waals surface area (Å²) in [7, 11) is 0. The Morgan fingerprint density at radius 1 is 1.23 bits per heavy atom. The highest BCUT2D eigenvalue weighted by Gasteiger charge is 2.27. The monoisotopic (exact) mass is 446 g/mol. The molecule has 1 aromatic carbocycles. The number of rotatable bonds is 9. The Morgan fingerprint density at radius 2 is 2.06 bits per heavy atom. The molecule has 1 unspecified atom stereocenters. The van der Waals surface area contributed by atoms with E-state index in [4.69, 9.17) is 20.9 Å².